The van der Waals surface area contributed by atoms with Crippen molar-refractivity contribution < 1.29 is 27.8 Å². The quantitative estimate of drug-likeness (QED) is 0.571. The Morgan fingerprint density at radius 3 is 2.69 bits per heavy atom. The fourth-order valence-electron chi connectivity index (χ4n) is 3.98. The maximum absolute atomic E-state index is 14.4. The van der Waals surface area contributed by atoms with Gasteiger partial charge in [0.05, 0.1) is 17.5 Å². The second-order valence-electron chi connectivity index (χ2n) is 8.62. The molecule has 176 valence electrons. The molecule has 0 spiro atoms. The van der Waals surface area contributed by atoms with Gasteiger partial charge in [-0.3, -0.25) is 4.79 Å². The molecule has 0 aliphatic carbocycles. The number of aliphatic hydroxyl groups is 1. The average molecular weight is 454 g/mol. The van der Waals surface area contributed by atoms with Crippen LogP contribution in [0, 0.1) is 17.6 Å². The lowest BCUT2D eigenvalue weighted by Crippen LogP contribution is -2.52. The standard InChI is InChI=1S/C22H29F3N4O3/c1-12(30)21(31)29(11-13-8-26-9-17(13)25)19(22(2,3)32-4)20-27-10-18(28-20)15-7-14(23)5-6-16(15)24/h5-7,10,12-13,17,19,26,30H,8-9,11H2,1-4H3,(H,27,28). The second kappa shape index (κ2) is 9.60. The van der Waals surface area contributed by atoms with Crippen molar-refractivity contribution in [3.63, 3.8) is 0 Å². The van der Waals surface area contributed by atoms with E-state index in [1.165, 1.54) is 25.1 Å². The van der Waals surface area contributed by atoms with E-state index in [0.29, 0.717) is 6.54 Å². The predicted molar refractivity (Wildman–Crippen MR) is 112 cm³/mol. The number of H-pyrrole nitrogens is 1. The van der Waals surface area contributed by atoms with Gasteiger partial charge < -0.3 is 25.0 Å². The third-order valence-corrected chi connectivity index (χ3v) is 5.90. The average Bonchev–Trinajstić information content (AvgIpc) is 3.38. The summed E-state index contributed by atoms with van der Waals surface area (Å²) in [6, 6.07) is 2.20. The number of methoxy groups -OCH3 is 1. The smallest absolute Gasteiger partial charge is 0.251 e. The van der Waals surface area contributed by atoms with Gasteiger partial charge >= 0.3 is 0 Å². The molecule has 0 bridgehead atoms. The summed E-state index contributed by atoms with van der Waals surface area (Å²) < 4.78 is 48.0. The molecule has 2 aromatic rings. The van der Waals surface area contributed by atoms with Crippen LogP contribution in [-0.4, -0.2) is 70.5 Å². The van der Waals surface area contributed by atoms with Crippen molar-refractivity contribution in [2.45, 2.75) is 44.7 Å². The minimum atomic E-state index is -1.34. The van der Waals surface area contributed by atoms with Gasteiger partial charge in [0, 0.05) is 38.2 Å². The summed E-state index contributed by atoms with van der Waals surface area (Å²) in [6.45, 7) is 5.36. The monoisotopic (exact) mass is 454 g/mol. The molecule has 3 rings (SSSR count). The highest BCUT2D eigenvalue weighted by atomic mass is 19.1. The number of imidazole rings is 1. The molecule has 1 amide bonds. The third kappa shape index (κ3) is 4.97. The first-order chi connectivity index (χ1) is 15.0. The molecule has 4 unspecified atom stereocenters. The number of alkyl halides is 1. The predicted octanol–water partition coefficient (Wildman–Crippen LogP) is 2.59. The molecule has 1 aliphatic rings. The Morgan fingerprint density at radius 2 is 2.09 bits per heavy atom. The number of benzene rings is 1. The number of rotatable bonds is 8. The summed E-state index contributed by atoms with van der Waals surface area (Å²) in [5, 5.41) is 13.0. The van der Waals surface area contributed by atoms with E-state index in [1.54, 1.807) is 13.8 Å². The lowest BCUT2D eigenvalue weighted by atomic mass is 9.93. The first kappa shape index (κ1) is 24.2. The number of aromatic nitrogens is 2. The number of nitrogens with zero attached hydrogens (tertiary/aromatic N) is 2. The maximum atomic E-state index is 14.4. The number of aromatic amines is 1. The number of nitrogens with one attached hydrogen (secondary N) is 2. The van der Waals surface area contributed by atoms with Crippen LogP contribution in [0.15, 0.2) is 24.4 Å². The van der Waals surface area contributed by atoms with Gasteiger partial charge in [0.1, 0.15) is 35.8 Å². The van der Waals surface area contributed by atoms with Crippen molar-refractivity contribution in [3.05, 3.63) is 41.9 Å². The van der Waals surface area contributed by atoms with Crippen LogP contribution >= 0.6 is 0 Å². The number of aliphatic hydroxyl groups excluding tert-OH is 1. The highest BCUT2D eigenvalue weighted by Crippen LogP contribution is 2.36. The summed E-state index contributed by atoms with van der Waals surface area (Å²) in [6.07, 6.45) is -1.15. The molecule has 7 nitrogen and oxygen atoms in total. The number of carbonyl (C=O) groups is 1. The maximum Gasteiger partial charge on any atom is 0.251 e. The molecule has 1 fully saturated rings. The largest absolute Gasteiger partial charge is 0.384 e. The van der Waals surface area contributed by atoms with Gasteiger partial charge in [0.25, 0.3) is 5.91 Å². The topological polar surface area (TPSA) is 90.5 Å². The first-order valence-electron chi connectivity index (χ1n) is 10.4. The Kier molecular flexibility index (Phi) is 7.26. The normalized spacial score (nSPS) is 20.9. The van der Waals surface area contributed by atoms with Crippen molar-refractivity contribution in [1.29, 1.82) is 0 Å². The van der Waals surface area contributed by atoms with Gasteiger partial charge in [0.15, 0.2) is 0 Å². The minimum Gasteiger partial charge on any atom is -0.384 e. The van der Waals surface area contributed by atoms with Crippen LogP contribution in [0.2, 0.25) is 0 Å². The van der Waals surface area contributed by atoms with Gasteiger partial charge in [-0.2, -0.15) is 0 Å². The zero-order valence-electron chi connectivity index (χ0n) is 18.5. The Bertz CT molecular complexity index is 950. The Morgan fingerprint density at radius 1 is 1.38 bits per heavy atom. The van der Waals surface area contributed by atoms with Gasteiger partial charge in [-0.1, -0.05) is 0 Å². The minimum absolute atomic E-state index is 0.0136. The van der Waals surface area contributed by atoms with Crippen molar-refractivity contribution in [2.75, 3.05) is 26.7 Å². The van der Waals surface area contributed by atoms with Gasteiger partial charge in [0.2, 0.25) is 0 Å². The first-order valence-corrected chi connectivity index (χ1v) is 10.4. The molecule has 0 saturated carbocycles. The number of hydrogen-bond acceptors (Lipinski definition) is 5. The van der Waals surface area contributed by atoms with E-state index in [2.05, 4.69) is 15.3 Å². The number of hydrogen-bond donors (Lipinski definition) is 3. The second-order valence-corrected chi connectivity index (χ2v) is 8.62. The van der Waals surface area contributed by atoms with Crippen LogP contribution in [-0.2, 0) is 9.53 Å². The van der Waals surface area contributed by atoms with E-state index in [1.807, 2.05) is 0 Å². The molecule has 3 N–H and O–H groups in total. The molecule has 1 aliphatic heterocycles. The summed E-state index contributed by atoms with van der Waals surface area (Å²) in [7, 11) is 1.46. The molecule has 10 heteroatoms. The van der Waals surface area contributed by atoms with Gasteiger partial charge in [-0.25, -0.2) is 18.2 Å². The Balaban J connectivity index is 2.05. The van der Waals surface area contributed by atoms with E-state index in [4.69, 9.17) is 4.74 Å². The number of ether oxygens (including phenoxy) is 1. The molecule has 0 radical (unpaired) electrons. The highest BCUT2D eigenvalue weighted by molar-refractivity contribution is 5.81. The van der Waals surface area contributed by atoms with Gasteiger partial charge in [-0.15, -0.1) is 0 Å². The van der Waals surface area contributed by atoms with Crippen LogP contribution in [0.5, 0.6) is 0 Å². The van der Waals surface area contributed by atoms with Crippen molar-refractivity contribution in [3.8, 4) is 11.3 Å². The molecule has 32 heavy (non-hydrogen) atoms. The van der Waals surface area contributed by atoms with E-state index in [0.717, 1.165) is 18.2 Å². The van der Waals surface area contributed by atoms with E-state index in [-0.39, 0.29) is 30.2 Å². The van der Waals surface area contributed by atoms with Crippen LogP contribution < -0.4 is 5.32 Å². The molecule has 2 heterocycles. The van der Waals surface area contributed by atoms with Crippen LogP contribution in [0.4, 0.5) is 13.2 Å². The number of halogens is 3. The zero-order chi connectivity index (χ0) is 23.6. The van der Waals surface area contributed by atoms with Crippen LogP contribution in [0.1, 0.15) is 32.6 Å². The van der Waals surface area contributed by atoms with Crippen LogP contribution in [0.25, 0.3) is 11.3 Å². The van der Waals surface area contributed by atoms with E-state index >= 15 is 0 Å². The fraction of sp³-hybridized carbons (Fsp3) is 0.545. The lowest BCUT2D eigenvalue weighted by molar-refractivity contribution is -0.151. The lowest BCUT2D eigenvalue weighted by Gasteiger charge is -2.41. The Labute approximate surface area is 185 Å². The molecule has 1 aromatic carbocycles. The van der Waals surface area contributed by atoms with Crippen molar-refractivity contribution in [2.24, 2.45) is 5.92 Å². The van der Waals surface area contributed by atoms with Crippen molar-refractivity contribution in [1.82, 2.24) is 20.2 Å². The fourth-order valence-corrected chi connectivity index (χ4v) is 3.98. The highest BCUT2D eigenvalue weighted by Gasteiger charge is 2.43. The summed E-state index contributed by atoms with van der Waals surface area (Å²) >= 11 is 0. The van der Waals surface area contributed by atoms with Crippen molar-refractivity contribution >= 4 is 5.91 Å². The number of amides is 1. The molecule has 1 saturated heterocycles. The molecule has 4 atom stereocenters. The molecular weight excluding hydrogens is 425 g/mol. The van der Waals surface area contributed by atoms with E-state index in [9.17, 15) is 23.1 Å². The summed E-state index contributed by atoms with van der Waals surface area (Å²) in [4.78, 5) is 21.7. The van der Waals surface area contributed by atoms with Crippen LogP contribution in [0.3, 0.4) is 0 Å². The third-order valence-electron chi connectivity index (χ3n) is 5.90. The molecular formula is C22H29F3N4O3. The van der Waals surface area contributed by atoms with E-state index < -0.39 is 47.4 Å². The summed E-state index contributed by atoms with van der Waals surface area (Å²) in [5.74, 6) is -2.11. The SMILES string of the molecule is COC(C)(C)C(c1ncc(-c2cc(F)ccc2F)[nH]1)N(CC1CNCC1F)C(=O)C(C)O. The zero-order valence-corrected chi connectivity index (χ0v) is 18.5. The van der Waals surface area contributed by atoms with Gasteiger partial charge in [-0.05, 0) is 39.0 Å². The molecule has 1 aromatic heterocycles. The number of carbonyl (C=O) groups excluding carboxylic acids is 1. The summed E-state index contributed by atoms with van der Waals surface area (Å²) in [5.41, 5.74) is -0.822. The Hall–Kier alpha value is -2.43.